The van der Waals surface area contributed by atoms with Crippen LogP contribution in [-0.2, 0) is 0 Å². The highest BCUT2D eigenvalue weighted by Gasteiger charge is 2.18. The van der Waals surface area contributed by atoms with E-state index in [0.717, 1.165) is 11.3 Å². The topological polar surface area (TPSA) is 35.8 Å². The number of nitrogens with zero attached hydrogens (tertiary/aromatic N) is 1. The summed E-state index contributed by atoms with van der Waals surface area (Å²) in [6, 6.07) is 22.4. The minimum Gasteiger partial charge on any atom is -0.377 e. The number of hydrogen-bond donors (Lipinski definition) is 1. The second-order valence-electron chi connectivity index (χ2n) is 4.32. The third kappa shape index (κ3) is 2.89. The summed E-state index contributed by atoms with van der Waals surface area (Å²) in [6.07, 6.45) is 0. The van der Waals surface area contributed by atoms with Crippen LogP contribution in [-0.4, -0.2) is 0 Å². The second kappa shape index (κ2) is 5.88. The highest BCUT2D eigenvalue weighted by Crippen LogP contribution is 2.26. The van der Waals surface area contributed by atoms with E-state index >= 15 is 0 Å². The van der Waals surface area contributed by atoms with Gasteiger partial charge in [-0.3, -0.25) is 0 Å². The Morgan fingerprint density at radius 1 is 0.944 bits per heavy atom. The van der Waals surface area contributed by atoms with E-state index in [-0.39, 0.29) is 12.0 Å². The van der Waals surface area contributed by atoms with Crippen LogP contribution >= 0.6 is 0 Å². The number of nitriles is 1. The minimum atomic E-state index is -0.0902. The Morgan fingerprint density at radius 3 is 2.06 bits per heavy atom. The molecule has 2 aromatic rings. The zero-order valence-electron chi connectivity index (χ0n) is 10.4. The second-order valence-corrected chi connectivity index (χ2v) is 4.32. The lowest BCUT2D eigenvalue weighted by molar-refractivity contribution is 0.616. The van der Waals surface area contributed by atoms with Gasteiger partial charge in [-0.25, -0.2) is 0 Å². The van der Waals surface area contributed by atoms with Crippen molar-refractivity contribution >= 4 is 5.69 Å². The van der Waals surface area contributed by atoms with Gasteiger partial charge in [0.15, 0.2) is 0 Å². The van der Waals surface area contributed by atoms with E-state index in [1.165, 1.54) is 0 Å². The predicted octanol–water partition coefficient (Wildman–Crippen LogP) is 4.00. The molecule has 0 aliphatic carbocycles. The van der Waals surface area contributed by atoms with Crippen molar-refractivity contribution in [1.29, 1.82) is 5.26 Å². The van der Waals surface area contributed by atoms with Crippen molar-refractivity contribution in [2.24, 2.45) is 5.92 Å². The van der Waals surface area contributed by atoms with Crippen LogP contribution < -0.4 is 5.32 Å². The average molecular weight is 236 g/mol. The number of anilines is 1. The largest absolute Gasteiger partial charge is 0.377 e. The molecule has 0 radical (unpaired) electrons. The minimum absolute atomic E-state index is 0.0126. The van der Waals surface area contributed by atoms with E-state index in [2.05, 4.69) is 23.5 Å². The van der Waals surface area contributed by atoms with Crippen molar-refractivity contribution in [1.82, 2.24) is 0 Å². The van der Waals surface area contributed by atoms with Gasteiger partial charge in [0.05, 0.1) is 18.0 Å². The fraction of sp³-hybridized carbons (Fsp3) is 0.188. The van der Waals surface area contributed by atoms with Crippen LogP contribution in [0.25, 0.3) is 0 Å². The zero-order chi connectivity index (χ0) is 12.8. The summed E-state index contributed by atoms with van der Waals surface area (Å²) >= 11 is 0. The number of hydrogen-bond acceptors (Lipinski definition) is 2. The first-order valence-electron chi connectivity index (χ1n) is 6.07. The molecular weight excluding hydrogens is 220 g/mol. The Balaban J connectivity index is 2.25. The first-order valence-corrected chi connectivity index (χ1v) is 6.07. The fourth-order valence-corrected chi connectivity index (χ4v) is 1.95. The van der Waals surface area contributed by atoms with E-state index in [0.29, 0.717) is 0 Å². The van der Waals surface area contributed by atoms with E-state index in [4.69, 9.17) is 5.26 Å². The molecule has 0 aromatic heterocycles. The number of benzene rings is 2. The van der Waals surface area contributed by atoms with Crippen LogP contribution in [0.5, 0.6) is 0 Å². The summed E-state index contributed by atoms with van der Waals surface area (Å²) in [5.41, 5.74) is 2.17. The van der Waals surface area contributed by atoms with Crippen molar-refractivity contribution in [3.8, 4) is 6.07 Å². The third-order valence-electron chi connectivity index (χ3n) is 2.96. The predicted molar refractivity (Wildman–Crippen MR) is 74.0 cm³/mol. The molecule has 90 valence electrons. The molecule has 2 nitrogen and oxygen atoms in total. The molecule has 0 spiro atoms. The molecule has 2 atom stereocenters. The maximum atomic E-state index is 9.15. The summed E-state index contributed by atoms with van der Waals surface area (Å²) in [7, 11) is 0. The van der Waals surface area contributed by atoms with Gasteiger partial charge in [-0.15, -0.1) is 0 Å². The average Bonchev–Trinajstić information content (AvgIpc) is 2.46. The van der Waals surface area contributed by atoms with Gasteiger partial charge in [0.2, 0.25) is 0 Å². The van der Waals surface area contributed by atoms with Gasteiger partial charge in [0.1, 0.15) is 0 Å². The standard InChI is InChI=1S/C16H16N2/c1-13(12-17)16(14-8-4-2-5-9-14)18-15-10-6-3-7-11-15/h2-11,13,16,18H,1H3/t13-,16-/m0/s1. The molecule has 18 heavy (non-hydrogen) atoms. The van der Waals surface area contributed by atoms with Crippen molar-refractivity contribution in [3.63, 3.8) is 0 Å². The lowest BCUT2D eigenvalue weighted by atomic mass is 9.95. The van der Waals surface area contributed by atoms with Crippen LogP contribution in [0.2, 0.25) is 0 Å². The molecule has 1 N–H and O–H groups in total. The van der Waals surface area contributed by atoms with Gasteiger partial charge in [0, 0.05) is 5.69 Å². The summed E-state index contributed by atoms with van der Waals surface area (Å²) in [5, 5.41) is 12.6. The number of rotatable bonds is 4. The molecule has 0 heterocycles. The van der Waals surface area contributed by atoms with Crippen LogP contribution in [0.3, 0.4) is 0 Å². The number of nitrogens with one attached hydrogen (secondary N) is 1. The van der Waals surface area contributed by atoms with E-state index in [9.17, 15) is 0 Å². The van der Waals surface area contributed by atoms with Gasteiger partial charge >= 0.3 is 0 Å². The molecule has 2 rings (SSSR count). The molecule has 0 saturated heterocycles. The molecule has 0 aliphatic heterocycles. The fourth-order valence-electron chi connectivity index (χ4n) is 1.95. The Kier molecular flexibility index (Phi) is 3.98. The lowest BCUT2D eigenvalue weighted by Gasteiger charge is -2.22. The van der Waals surface area contributed by atoms with Crippen molar-refractivity contribution in [2.45, 2.75) is 13.0 Å². The van der Waals surface area contributed by atoms with Gasteiger partial charge in [-0.1, -0.05) is 48.5 Å². The molecule has 0 aliphatic rings. The lowest BCUT2D eigenvalue weighted by Crippen LogP contribution is -2.17. The third-order valence-corrected chi connectivity index (χ3v) is 2.96. The van der Waals surface area contributed by atoms with Gasteiger partial charge in [-0.05, 0) is 24.6 Å². The van der Waals surface area contributed by atoms with Gasteiger partial charge < -0.3 is 5.32 Å². The van der Waals surface area contributed by atoms with E-state index in [1.54, 1.807) is 0 Å². The maximum Gasteiger partial charge on any atom is 0.0678 e. The van der Waals surface area contributed by atoms with Crippen LogP contribution in [0.4, 0.5) is 5.69 Å². The molecule has 2 aromatic carbocycles. The zero-order valence-corrected chi connectivity index (χ0v) is 10.4. The molecule has 0 amide bonds. The molecule has 0 unspecified atom stereocenters. The SMILES string of the molecule is C[C@@H](C#N)[C@H](Nc1ccccc1)c1ccccc1. The quantitative estimate of drug-likeness (QED) is 0.871. The first-order chi connectivity index (χ1) is 8.81. The smallest absolute Gasteiger partial charge is 0.0678 e. The Bertz CT molecular complexity index is 514. The number of para-hydroxylation sites is 1. The summed E-state index contributed by atoms with van der Waals surface area (Å²) in [4.78, 5) is 0. The Hall–Kier alpha value is -2.27. The van der Waals surface area contributed by atoms with Crippen molar-refractivity contribution in [2.75, 3.05) is 5.32 Å². The maximum absolute atomic E-state index is 9.15. The summed E-state index contributed by atoms with van der Waals surface area (Å²) in [5.74, 6) is -0.0902. The molecule has 2 heteroatoms. The van der Waals surface area contributed by atoms with E-state index in [1.807, 2.05) is 55.5 Å². The Labute approximate surface area is 108 Å². The first kappa shape index (κ1) is 12.2. The summed E-state index contributed by atoms with van der Waals surface area (Å²) in [6.45, 7) is 1.94. The highest BCUT2D eigenvalue weighted by molar-refractivity contribution is 5.45. The molecular formula is C16H16N2. The van der Waals surface area contributed by atoms with Crippen LogP contribution in [0.1, 0.15) is 18.5 Å². The monoisotopic (exact) mass is 236 g/mol. The summed E-state index contributed by atoms with van der Waals surface area (Å²) < 4.78 is 0. The molecule has 0 saturated carbocycles. The molecule has 0 bridgehead atoms. The van der Waals surface area contributed by atoms with Gasteiger partial charge in [0.25, 0.3) is 0 Å². The van der Waals surface area contributed by atoms with Crippen molar-refractivity contribution < 1.29 is 0 Å². The van der Waals surface area contributed by atoms with Crippen molar-refractivity contribution in [3.05, 3.63) is 66.2 Å². The normalized spacial score (nSPS) is 13.3. The van der Waals surface area contributed by atoms with Gasteiger partial charge in [-0.2, -0.15) is 5.26 Å². The van der Waals surface area contributed by atoms with E-state index < -0.39 is 0 Å². The highest BCUT2D eigenvalue weighted by atomic mass is 14.9. The molecule has 0 fully saturated rings. The van der Waals surface area contributed by atoms with Crippen LogP contribution in [0, 0.1) is 17.2 Å². The Morgan fingerprint density at radius 2 is 1.50 bits per heavy atom. The van der Waals surface area contributed by atoms with Crippen LogP contribution in [0.15, 0.2) is 60.7 Å².